The lowest BCUT2D eigenvalue weighted by Gasteiger charge is -2.38. The molecule has 75 heavy (non-hydrogen) atoms. The average molecular weight is 1040 g/mol. The molecular weight excluding hydrogens is 983 g/mol. The molecule has 4 aliphatic rings. The van der Waals surface area contributed by atoms with Gasteiger partial charge in [-0.1, -0.05) is 48.5 Å². The third kappa shape index (κ3) is 13.1. The molecule has 4 heterocycles. The summed E-state index contributed by atoms with van der Waals surface area (Å²) in [6, 6.07) is 23.1. The van der Waals surface area contributed by atoms with Crippen molar-refractivity contribution in [2.75, 3.05) is 24.3 Å². The van der Waals surface area contributed by atoms with Crippen LogP contribution in [0.5, 0.6) is 11.5 Å². The topological polar surface area (TPSA) is 330 Å². The molecule has 0 aliphatic carbocycles. The Balaban J connectivity index is 0.772. The number of amides is 8. The first-order valence-corrected chi connectivity index (χ1v) is 23.6. The number of hydrogen-bond donors (Lipinski definition) is 9. The van der Waals surface area contributed by atoms with Gasteiger partial charge in [0.05, 0.1) is 11.7 Å². The number of piperidine rings is 1. The minimum absolute atomic E-state index is 0.0736. The van der Waals surface area contributed by atoms with Crippen molar-refractivity contribution in [3.63, 3.8) is 0 Å². The maximum atomic E-state index is 13.0. The summed E-state index contributed by atoms with van der Waals surface area (Å²) >= 11 is 0. The van der Waals surface area contributed by atoms with Crippen molar-refractivity contribution in [1.82, 2.24) is 25.8 Å². The van der Waals surface area contributed by atoms with Crippen LogP contribution in [-0.4, -0.2) is 128 Å². The number of aliphatic hydroxyl groups is 3. The van der Waals surface area contributed by atoms with Gasteiger partial charge in [0.25, 0.3) is 11.8 Å². The molecule has 9 N–H and O–H groups in total. The van der Waals surface area contributed by atoms with Gasteiger partial charge < -0.3 is 65.4 Å². The van der Waals surface area contributed by atoms with Gasteiger partial charge in [-0.25, -0.2) is 14.4 Å². The first-order chi connectivity index (χ1) is 36.0. The zero-order chi connectivity index (χ0) is 53.3. The number of methoxy groups -OCH3 is 1. The number of imide groups is 2. The van der Waals surface area contributed by atoms with Crippen molar-refractivity contribution in [2.45, 2.75) is 95.1 Å². The average Bonchev–Trinajstić information content (AvgIpc) is 3.93. The number of aliphatic carboxylic acids is 1. The van der Waals surface area contributed by atoms with Crippen molar-refractivity contribution in [1.29, 1.82) is 0 Å². The van der Waals surface area contributed by atoms with Gasteiger partial charge in [-0.05, 0) is 70.6 Å². The Hall–Kier alpha value is -8.26. The summed E-state index contributed by atoms with van der Waals surface area (Å²) in [7, 11) is 1.58. The van der Waals surface area contributed by atoms with Gasteiger partial charge in [-0.15, -0.1) is 0 Å². The summed E-state index contributed by atoms with van der Waals surface area (Å²) in [5.41, 5.74) is 5.14. The molecule has 7 atom stereocenters. The molecule has 0 aromatic heterocycles. The molecule has 2 fully saturated rings. The van der Waals surface area contributed by atoms with Crippen molar-refractivity contribution in [2.24, 2.45) is 0 Å². The Morgan fingerprint density at radius 1 is 0.773 bits per heavy atom. The highest BCUT2D eigenvalue weighted by Gasteiger charge is 2.48. The van der Waals surface area contributed by atoms with Crippen LogP contribution < -0.4 is 36.1 Å². The zero-order valence-electron chi connectivity index (χ0n) is 40.1. The molecule has 8 rings (SSSR count). The van der Waals surface area contributed by atoms with Crippen molar-refractivity contribution < 1.29 is 82.5 Å². The van der Waals surface area contributed by atoms with Crippen LogP contribution in [0.3, 0.4) is 0 Å². The van der Waals surface area contributed by atoms with Gasteiger partial charge in [0.15, 0.2) is 6.10 Å². The van der Waals surface area contributed by atoms with E-state index in [1.54, 1.807) is 43.5 Å². The second-order valence-corrected chi connectivity index (χ2v) is 17.8. The monoisotopic (exact) mass is 1040 g/mol. The molecule has 0 spiro atoms. The van der Waals surface area contributed by atoms with E-state index in [9.17, 15) is 58.8 Å². The number of alkyl carbamates (subject to hydrolysis) is 1. The fraction of sp³-hybridized carbons (Fsp3) is 0.333. The minimum Gasteiger partial charge on any atom is -0.489 e. The lowest BCUT2D eigenvalue weighted by molar-refractivity contribution is -0.271. The highest BCUT2D eigenvalue weighted by atomic mass is 16.7. The fourth-order valence-electron chi connectivity index (χ4n) is 8.65. The second-order valence-electron chi connectivity index (χ2n) is 17.8. The number of carboxylic acid groups (broad SMARTS) is 1. The van der Waals surface area contributed by atoms with Crippen LogP contribution in [0.4, 0.5) is 21.0 Å². The van der Waals surface area contributed by atoms with Gasteiger partial charge in [0.2, 0.25) is 24.0 Å². The Morgan fingerprint density at radius 3 is 2.17 bits per heavy atom. The number of fused-ring (bicyclic) bond motifs is 1. The fourth-order valence-corrected chi connectivity index (χ4v) is 8.65. The summed E-state index contributed by atoms with van der Waals surface area (Å²) in [5, 5.41) is 53.6. The largest absolute Gasteiger partial charge is 0.489 e. The number of nitrogens with zero attached hydrogens (tertiary/aromatic N) is 2. The number of aliphatic hydroxyl groups excluding tert-OH is 3. The number of ether oxygens (including phenoxy) is 5. The molecule has 4 aliphatic heterocycles. The van der Waals surface area contributed by atoms with Crippen LogP contribution >= 0.6 is 0 Å². The van der Waals surface area contributed by atoms with Crippen molar-refractivity contribution >= 4 is 59.0 Å². The lowest BCUT2D eigenvalue weighted by atomic mass is 9.99. The summed E-state index contributed by atoms with van der Waals surface area (Å²) in [5.74, 6) is -3.75. The van der Waals surface area contributed by atoms with E-state index < -0.39 is 78.8 Å². The molecule has 24 heteroatoms. The van der Waals surface area contributed by atoms with Crippen LogP contribution in [0.2, 0.25) is 0 Å². The summed E-state index contributed by atoms with van der Waals surface area (Å²) in [4.78, 5) is 101. The minimum atomic E-state index is -1.98. The smallest absolute Gasteiger partial charge is 0.407 e. The van der Waals surface area contributed by atoms with E-state index in [1.807, 2.05) is 35.2 Å². The molecule has 8 amide bonds. The van der Waals surface area contributed by atoms with Crippen LogP contribution in [0.15, 0.2) is 97.1 Å². The van der Waals surface area contributed by atoms with Crippen LogP contribution in [-0.2, 0) is 75.8 Å². The van der Waals surface area contributed by atoms with Gasteiger partial charge in [-0.2, -0.15) is 0 Å². The number of anilines is 2. The molecule has 2 unspecified atom stereocenters. The van der Waals surface area contributed by atoms with Crippen LogP contribution in [0.1, 0.15) is 58.9 Å². The Morgan fingerprint density at radius 2 is 1.47 bits per heavy atom. The van der Waals surface area contributed by atoms with Crippen LogP contribution in [0.25, 0.3) is 0 Å². The number of carbonyl (C=O) groups excluding carboxylic acids is 7. The van der Waals surface area contributed by atoms with E-state index in [-0.39, 0.29) is 68.9 Å². The predicted molar refractivity (Wildman–Crippen MR) is 258 cm³/mol. The van der Waals surface area contributed by atoms with Crippen LogP contribution in [0, 0.1) is 0 Å². The molecule has 0 bridgehead atoms. The highest BCUT2D eigenvalue weighted by molar-refractivity contribution is 6.13. The maximum absolute atomic E-state index is 13.0. The van der Waals surface area contributed by atoms with E-state index in [0.29, 0.717) is 30.0 Å². The molecule has 0 saturated carbocycles. The van der Waals surface area contributed by atoms with Crippen molar-refractivity contribution in [3.8, 4) is 11.5 Å². The molecular formula is C51H53N7O17. The zero-order valence-corrected chi connectivity index (χ0v) is 40.1. The third-order valence-electron chi connectivity index (χ3n) is 12.6. The van der Waals surface area contributed by atoms with Gasteiger partial charge in [-0.3, -0.25) is 39.1 Å². The normalized spacial score (nSPS) is 22.2. The number of carbonyl (C=O) groups is 8. The third-order valence-corrected chi connectivity index (χ3v) is 12.6. The molecule has 2 saturated heterocycles. The van der Waals surface area contributed by atoms with E-state index in [0.717, 1.165) is 44.9 Å². The Bertz CT molecular complexity index is 2840. The second kappa shape index (κ2) is 23.7. The maximum Gasteiger partial charge on any atom is 0.407 e. The lowest BCUT2D eigenvalue weighted by Crippen LogP contribution is -2.61. The first kappa shape index (κ1) is 53.0. The molecule has 4 aromatic carbocycles. The quantitative estimate of drug-likeness (QED) is 0.0605. The van der Waals surface area contributed by atoms with E-state index in [4.69, 9.17) is 23.7 Å². The number of nitrogens with one attached hydrogen (secondary N) is 5. The van der Waals surface area contributed by atoms with E-state index in [1.165, 1.54) is 18.2 Å². The van der Waals surface area contributed by atoms with Gasteiger partial charge in [0, 0.05) is 69.5 Å². The standard InChI is InChI=1S/C51H53N7O17/c1-71-47-34-12-6-29(20-31(34)24-58(47)36-13-15-38(59)56-46(36)66)23-52-50(69)54-32-8-10-33(11-9-32)72-25-28-4-2-27(3-5-28)22-53-51(70)73-26-30-7-14-37(74-49-44(65)42(63)43(64)45(75-49)48(67)68)35(21-30)55-39(60)18-19-57-40(61)16-17-41(57)62/h2-12,14,16-17,20-21,36,42-45,47,49,63-65H,13,15,18-19,22-26H2,1H3,(H,53,70)(H,55,60)(H,67,68)(H2,52,54,69)(H,56,59,66)/t36?,42-,43-,44+,45-,47?,49+/m0/s1. The number of carboxylic acids is 1. The summed E-state index contributed by atoms with van der Waals surface area (Å²) < 4.78 is 27.9. The summed E-state index contributed by atoms with van der Waals surface area (Å²) in [6.45, 7) is 0.471. The molecule has 4 aromatic rings. The van der Waals surface area contributed by atoms with Crippen molar-refractivity contribution in [3.05, 3.63) is 130 Å². The predicted octanol–water partition coefficient (Wildman–Crippen LogP) is 1.80. The SMILES string of the molecule is COC1c2ccc(CNC(=O)Nc3ccc(OCc4ccc(CNC(=O)OCc5ccc(O[C@@H]6O[C@H](C(=O)O)[C@@H](O)[C@H](O)[C@H]6O)c(NC(=O)CCN6C(=O)C=CC6=O)c5)cc4)cc3)cc2CN1C1CCC(=O)NC1=O. The van der Waals surface area contributed by atoms with Gasteiger partial charge in [0.1, 0.15) is 49.3 Å². The number of benzene rings is 4. The molecule has 24 nitrogen and oxygen atoms in total. The first-order valence-electron chi connectivity index (χ1n) is 23.6. The Kier molecular flexibility index (Phi) is 16.8. The van der Waals surface area contributed by atoms with E-state index in [2.05, 4.69) is 26.6 Å². The summed E-state index contributed by atoms with van der Waals surface area (Å²) in [6.07, 6.45) is -8.40. The number of urea groups is 1. The molecule has 0 radical (unpaired) electrons. The number of hydrogen-bond acceptors (Lipinski definition) is 17. The highest BCUT2D eigenvalue weighted by Crippen LogP contribution is 2.38. The molecule has 394 valence electrons. The Labute approximate surface area is 427 Å². The van der Waals surface area contributed by atoms with E-state index >= 15 is 0 Å². The number of rotatable bonds is 19. The van der Waals surface area contributed by atoms with Gasteiger partial charge >= 0.3 is 18.1 Å².